The molecule has 0 bridgehead atoms. The van der Waals surface area contributed by atoms with E-state index in [9.17, 15) is 9.59 Å². The second kappa shape index (κ2) is 8.56. The molecule has 1 fully saturated rings. The second-order valence-electron chi connectivity index (χ2n) is 6.51. The van der Waals surface area contributed by atoms with Crippen LogP contribution in [0.4, 0.5) is 4.79 Å². The molecule has 1 aliphatic heterocycles. The summed E-state index contributed by atoms with van der Waals surface area (Å²) >= 11 is 1.05. The Kier molecular flexibility index (Phi) is 6.14. The van der Waals surface area contributed by atoms with Crippen molar-refractivity contribution in [3.63, 3.8) is 0 Å². The number of amides is 2. The number of nitrogens with zero attached hydrogens (tertiary/aromatic N) is 1. The van der Waals surface area contributed by atoms with Crippen LogP contribution in [0, 0.1) is 6.92 Å². The number of hydrogen-bond acceptors (Lipinski definition) is 6. The molecule has 0 spiro atoms. The van der Waals surface area contributed by atoms with Crippen LogP contribution in [0.2, 0.25) is 0 Å². The van der Waals surface area contributed by atoms with E-state index in [0.29, 0.717) is 23.7 Å². The largest absolute Gasteiger partial charge is 0.496 e. The summed E-state index contributed by atoms with van der Waals surface area (Å²) in [6.07, 6.45) is 0.364. The number of carbonyl (C=O) groups is 2. The average molecular weight is 401 g/mol. The molecule has 3 rings (SSSR count). The topological polar surface area (TPSA) is 65.1 Å². The third-order valence-corrected chi connectivity index (χ3v) is 5.73. The highest BCUT2D eigenvalue weighted by Gasteiger charge is 2.40. The molecule has 0 N–H and O–H groups in total. The van der Waals surface area contributed by atoms with Gasteiger partial charge in [-0.25, -0.2) is 0 Å². The van der Waals surface area contributed by atoms with Crippen LogP contribution in [0.5, 0.6) is 17.2 Å². The van der Waals surface area contributed by atoms with Crippen LogP contribution < -0.4 is 14.2 Å². The molecule has 0 saturated carbocycles. The van der Waals surface area contributed by atoms with Gasteiger partial charge in [0.25, 0.3) is 5.24 Å². The standard InChI is InChI=1S/C21H23NO5S/c1-13-5-7-14(8-6-13)12-22-20(23)19(28-21(22)24)10-15-9-17(26-3)18(27-4)11-16(15)25-2/h5-9,11,19H,10,12H2,1-4H3/t19-/m1/s1. The summed E-state index contributed by atoms with van der Waals surface area (Å²) in [5.41, 5.74) is 2.85. The summed E-state index contributed by atoms with van der Waals surface area (Å²) in [7, 11) is 4.66. The van der Waals surface area contributed by atoms with Gasteiger partial charge in [0.15, 0.2) is 11.5 Å². The van der Waals surface area contributed by atoms with E-state index in [1.165, 1.54) is 4.90 Å². The van der Waals surface area contributed by atoms with E-state index in [0.717, 1.165) is 28.5 Å². The summed E-state index contributed by atoms with van der Waals surface area (Å²) in [6, 6.07) is 11.3. The fraction of sp³-hybridized carbons (Fsp3) is 0.333. The number of thioether (sulfide) groups is 1. The molecule has 6 nitrogen and oxygen atoms in total. The van der Waals surface area contributed by atoms with Crippen molar-refractivity contribution < 1.29 is 23.8 Å². The smallest absolute Gasteiger partial charge is 0.289 e. The Bertz CT molecular complexity index is 881. The molecule has 1 aliphatic rings. The average Bonchev–Trinajstić information content (AvgIpc) is 2.96. The Hall–Kier alpha value is -2.67. The van der Waals surface area contributed by atoms with Crippen molar-refractivity contribution in [2.24, 2.45) is 0 Å². The Balaban J connectivity index is 1.79. The van der Waals surface area contributed by atoms with Crippen LogP contribution in [0.25, 0.3) is 0 Å². The molecule has 2 aromatic carbocycles. The van der Waals surface area contributed by atoms with Crippen molar-refractivity contribution >= 4 is 22.9 Å². The van der Waals surface area contributed by atoms with Gasteiger partial charge in [0.1, 0.15) is 5.75 Å². The molecule has 2 aromatic rings. The lowest BCUT2D eigenvalue weighted by molar-refractivity contribution is -0.127. The summed E-state index contributed by atoms with van der Waals surface area (Å²) in [5.74, 6) is 1.50. The van der Waals surface area contributed by atoms with E-state index in [2.05, 4.69) is 0 Å². The number of benzene rings is 2. The molecule has 1 heterocycles. The summed E-state index contributed by atoms with van der Waals surface area (Å²) < 4.78 is 16.1. The SMILES string of the molecule is COc1cc(OC)c(OC)cc1C[C@H]1SC(=O)N(Cc2ccc(C)cc2)C1=O. The molecular weight excluding hydrogens is 378 g/mol. The van der Waals surface area contributed by atoms with Gasteiger partial charge in [-0.05, 0) is 30.5 Å². The number of imide groups is 1. The minimum Gasteiger partial charge on any atom is -0.496 e. The van der Waals surface area contributed by atoms with Crippen LogP contribution >= 0.6 is 11.8 Å². The Labute approximate surface area is 168 Å². The fourth-order valence-corrected chi connectivity index (χ4v) is 4.11. The maximum absolute atomic E-state index is 12.9. The van der Waals surface area contributed by atoms with Gasteiger partial charge in [0.05, 0.1) is 33.1 Å². The van der Waals surface area contributed by atoms with E-state index in [1.807, 2.05) is 31.2 Å². The highest BCUT2D eigenvalue weighted by atomic mass is 32.2. The van der Waals surface area contributed by atoms with Gasteiger partial charge < -0.3 is 14.2 Å². The molecule has 1 saturated heterocycles. The number of aryl methyl sites for hydroxylation is 1. The van der Waals surface area contributed by atoms with E-state index in [1.54, 1.807) is 33.5 Å². The zero-order valence-corrected chi connectivity index (χ0v) is 17.2. The fourth-order valence-electron chi connectivity index (χ4n) is 3.10. The van der Waals surface area contributed by atoms with Crippen molar-refractivity contribution in [2.75, 3.05) is 21.3 Å². The van der Waals surface area contributed by atoms with Gasteiger partial charge in [0, 0.05) is 6.07 Å². The Morgan fingerprint density at radius 2 is 1.54 bits per heavy atom. The molecule has 0 aromatic heterocycles. The lowest BCUT2D eigenvalue weighted by Crippen LogP contribution is -2.31. The molecule has 28 heavy (non-hydrogen) atoms. The molecular formula is C21H23NO5S. The number of ether oxygens (including phenoxy) is 3. The Morgan fingerprint density at radius 1 is 0.929 bits per heavy atom. The van der Waals surface area contributed by atoms with Crippen molar-refractivity contribution in [3.05, 3.63) is 53.1 Å². The first-order valence-electron chi connectivity index (χ1n) is 8.83. The first kappa shape index (κ1) is 20.1. The van der Waals surface area contributed by atoms with Gasteiger partial charge in [-0.3, -0.25) is 14.5 Å². The second-order valence-corrected chi connectivity index (χ2v) is 7.66. The van der Waals surface area contributed by atoms with E-state index >= 15 is 0 Å². The van der Waals surface area contributed by atoms with Gasteiger partial charge in [-0.15, -0.1) is 0 Å². The van der Waals surface area contributed by atoms with Crippen LogP contribution in [0.15, 0.2) is 36.4 Å². The van der Waals surface area contributed by atoms with E-state index in [4.69, 9.17) is 14.2 Å². The van der Waals surface area contributed by atoms with Gasteiger partial charge in [-0.1, -0.05) is 41.6 Å². The van der Waals surface area contributed by atoms with Crippen LogP contribution in [0.1, 0.15) is 16.7 Å². The van der Waals surface area contributed by atoms with Crippen LogP contribution in [0.3, 0.4) is 0 Å². The highest BCUT2D eigenvalue weighted by Crippen LogP contribution is 2.38. The lowest BCUT2D eigenvalue weighted by Gasteiger charge is -2.16. The normalized spacial score (nSPS) is 16.4. The summed E-state index contributed by atoms with van der Waals surface area (Å²) in [5, 5.41) is -0.722. The zero-order valence-electron chi connectivity index (χ0n) is 16.4. The van der Waals surface area contributed by atoms with Gasteiger partial charge in [0.2, 0.25) is 5.91 Å². The maximum atomic E-state index is 12.9. The van der Waals surface area contributed by atoms with Crippen molar-refractivity contribution in [1.82, 2.24) is 4.90 Å². The summed E-state index contributed by atoms with van der Waals surface area (Å²) in [6.45, 7) is 2.28. The zero-order chi connectivity index (χ0) is 20.3. The molecule has 7 heteroatoms. The molecule has 2 amide bonds. The molecule has 0 aliphatic carbocycles. The predicted octanol–water partition coefficient (Wildman–Crippen LogP) is 3.83. The third-order valence-electron chi connectivity index (χ3n) is 4.66. The lowest BCUT2D eigenvalue weighted by atomic mass is 10.1. The van der Waals surface area contributed by atoms with E-state index in [-0.39, 0.29) is 17.7 Å². The summed E-state index contributed by atoms with van der Waals surface area (Å²) in [4.78, 5) is 26.6. The third kappa shape index (κ3) is 4.09. The number of carbonyl (C=O) groups excluding carboxylic acids is 2. The molecule has 0 unspecified atom stereocenters. The number of rotatable bonds is 7. The monoisotopic (exact) mass is 401 g/mol. The van der Waals surface area contributed by atoms with Gasteiger partial charge >= 0.3 is 0 Å². The first-order chi connectivity index (χ1) is 13.5. The van der Waals surface area contributed by atoms with Crippen LogP contribution in [-0.2, 0) is 17.8 Å². The van der Waals surface area contributed by atoms with Crippen molar-refractivity contribution in [1.29, 1.82) is 0 Å². The molecule has 1 atom stereocenters. The maximum Gasteiger partial charge on any atom is 0.289 e. The van der Waals surface area contributed by atoms with Crippen molar-refractivity contribution in [3.8, 4) is 17.2 Å². The first-order valence-corrected chi connectivity index (χ1v) is 9.71. The van der Waals surface area contributed by atoms with Crippen LogP contribution in [-0.4, -0.2) is 42.6 Å². The van der Waals surface area contributed by atoms with Gasteiger partial charge in [-0.2, -0.15) is 0 Å². The number of hydrogen-bond donors (Lipinski definition) is 0. The quantitative estimate of drug-likeness (QED) is 0.703. The molecule has 0 radical (unpaired) electrons. The molecule has 148 valence electrons. The highest BCUT2D eigenvalue weighted by molar-refractivity contribution is 8.15. The number of methoxy groups -OCH3 is 3. The van der Waals surface area contributed by atoms with E-state index < -0.39 is 5.25 Å². The Morgan fingerprint density at radius 3 is 2.14 bits per heavy atom. The predicted molar refractivity (Wildman–Crippen MR) is 108 cm³/mol. The van der Waals surface area contributed by atoms with Crippen molar-refractivity contribution in [2.45, 2.75) is 25.1 Å². The minimum absolute atomic E-state index is 0.188. The minimum atomic E-state index is -0.495.